The SMILES string of the molecule is CCC(C)(CN)C(=O)Nc1ccc([N+](=O)[O-])cc1C#N. The molecule has 1 aromatic rings. The lowest BCUT2D eigenvalue weighted by Crippen LogP contribution is -2.39. The van der Waals surface area contributed by atoms with Crippen LogP contribution in [0.2, 0.25) is 0 Å². The summed E-state index contributed by atoms with van der Waals surface area (Å²) in [5.74, 6) is -0.312. The number of rotatable bonds is 5. The molecule has 1 aromatic carbocycles. The van der Waals surface area contributed by atoms with Gasteiger partial charge in [-0.25, -0.2) is 0 Å². The van der Waals surface area contributed by atoms with Gasteiger partial charge in [0, 0.05) is 18.7 Å². The van der Waals surface area contributed by atoms with Crippen molar-refractivity contribution in [2.24, 2.45) is 11.1 Å². The van der Waals surface area contributed by atoms with Gasteiger partial charge < -0.3 is 11.1 Å². The summed E-state index contributed by atoms with van der Waals surface area (Å²) in [5, 5.41) is 22.3. The number of hydrogen-bond donors (Lipinski definition) is 2. The highest BCUT2D eigenvalue weighted by molar-refractivity contribution is 5.96. The summed E-state index contributed by atoms with van der Waals surface area (Å²) in [4.78, 5) is 22.2. The zero-order valence-corrected chi connectivity index (χ0v) is 11.3. The van der Waals surface area contributed by atoms with Crippen molar-refractivity contribution in [2.75, 3.05) is 11.9 Å². The summed E-state index contributed by atoms with van der Waals surface area (Å²) in [6, 6.07) is 5.55. The third-order valence-electron chi connectivity index (χ3n) is 3.36. The van der Waals surface area contributed by atoms with E-state index >= 15 is 0 Å². The molecule has 0 aliphatic rings. The standard InChI is InChI=1S/C13H16N4O3/c1-3-13(2,8-15)12(18)16-11-5-4-10(17(19)20)6-9(11)7-14/h4-6H,3,8,15H2,1-2H3,(H,16,18). The topological polar surface area (TPSA) is 122 Å². The van der Waals surface area contributed by atoms with Gasteiger partial charge in [-0.1, -0.05) is 6.92 Å². The third kappa shape index (κ3) is 3.10. The van der Waals surface area contributed by atoms with Gasteiger partial charge in [-0.2, -0.15) is 5.26 Å². The van der Waals surface area contributed by atoms with Crippen molar-refractivity contribution >= 4 is 17.3 Å². The van der Waals surface area contributed by atoms with Crippen molar-refractivity contribution in [3.63, 3.8) is 0 Å². The van der Waals surface area contributed by atoms with Crippen LogP contribution in [0.3, 0.4) is 0 Å². The fourth-order valence-corrected chi connectivity index (χ4v) is 1.52. The molecule has 20 heavy (non-hydrogen) atoms. The van der Waals surface area contributed by atoms with Crippen molar-refractivity contribution in [2.45, 2.75) is 20.3 Å². The summed E-state index contributed by atoms with van der Waals surface area (Å²) in [6.45, 7) is 3.73. The Morgan fingerprint density at radius 1 is 1.60 bits per heavy atom. The Bertz CT molecular complexity index is 573. The fourth-order valence-electron chi connectivity index (χ4n) is 1.52. The molecule has 0 aliphatic heterocycles. The van der Waals surface area contributed by atoms with Crippen LogP contribution in [-0.4, -0.2) is 17.4 Å². The average Bonchev–Trinajstić information content (AvgIpc) is 2.46. The number of amides is 1. The van der Waals surface area contributed by atoms with Crippen LogP contribution in [0.5, 0.6) is 0 Å². The molecule has 0 radical (unpaired) electrons. The van der Waals surface area contributed by atoms with Gasteiger partial charge in [0.15, 0.2) is 0 Å². The number of nitrogens with one attached hydrogen (secondary N) is 1. The number of nitro benzene ring substituents is 1. The van der Waals surface area contributed by atoms with Crippen LogP contribution >= 0.6 is 0 Å². The molecular weight excluding hydrogens is 260 g/mol. The van der Waals surface area contributed by atoms with Gasteiger partial charge in [0.25, 0.3) is 5.69 Å². The highest BCUT2D eigenvalue weighted by Crippen LogP contribution is 2.25. The molecule has 0 spiro atoms. The molecule has 1 atom stereocenters. The lowest BCUT2D eigenvalue weighted by molar-refractivity contribution is -0.384. The maximum absolute atomic E-state index is 12.1. The molecular formula is C13H16N4O3. The van der Waals surface area contributed by atoms with E-state index in [1.165, 1.54) is 12.1 Å². The van der Waals surface area contributed by atoms with Gasteiger partial charge in [-0.3, -0.25) is 14.9 Å². The Balaban J connectivity index is 3.08. The van der Waals surface area contributed by atoms with E-state index in [0.717, 1.165) is 6.07 Å². The van der Waals surface area contributed by atoms with Crippen molar-refractivity contribution in [3.8, 4) is 6.07 Å². The summed E-state index contributed by atoms with van der Waals surface area (Å²) in [7, 11) is 0. The minimum Gasteiger partial charge on any atom is -0.329 e. The summed E-state index contributed by atoms with van der Waals surface area (Å²) in [6.07, 6.45) is 0.546. The average molecular weight is 276 g/mol. The molecule has 1 amide bonds. The molecule has 0 saturated carbocycles. The van der Waals surface area contributed by atoms with Crippen LogP contribution in [0.1, 0.15) is 25.8 Å². The highest BCUT2D eigenvalue weighted by Gasteiger charge is 2.30. The first-order valence-electron chi connectivity index (χ1n) is 6.08. The molecule has 0 fully saturated rings. The summed E-state index contributed by atoms with van der Waals surface area (Å²) >= 11 is 0. The Hall–Kier alpha value is -2.46. The molecule has 106 valence electrons. The summed E-state index contributed by atoms with van der Waals surface area (Å²) in [5.41, 5.74) is 4.94. The normalized spacial score (nSPS) is 13.1. The predicted molar refractivity (Wildman–Crippen MR) is 73.9 cm³/mol. The van der Waals surface area contributed by atoms with E-state index in [9.17, 15) is 14.9 Å². The molecule has 7 heteroatoms. The smallest absolute Gasteiger partial charge is 0.270 e. The number of nitro groups is 1. The number of non-ortho nitro benzene ring substituents is 1. The first kappa shape index (κ1) is 15.6. The van der Waals surface area contributed by atoms with E-state index in [1.54, 1.807) is 6.92 Å². The zero-order valence-electron chi connectivity index (χ0n) is 11.3. The maximum atomic E-state index is 12.1. The number of nitrogens with two attached hydrogens (primary N) is 1. The second kappa shape index (κ2) is 6.12. The number of nitrogens with zero attached hydrogens (tertiary/aromatic N) is 2. The van der Waals surface area contributed by atoms with Crippen molar-refractivity contribution in [1.82, 2.24) is 0 Å². The van der Waals surface area contributed by atoms with E-state index in [0.29, 0.717) is 6.42 Å². The van der Waals surface area contributed by atoms with Gasteiger partial charge in [0.1, 0.15) is 6.07 Å². The molecule has 3 N–H and O–H groups in total. The fraction of sp³-hybridized carbons (Fsp3) is 0.385. The van der Waals surface area contributed by atoms with Crippen LogP contribution in [0.15, 0.2) is 18.2 Å². The zero-order chi connectivity index (χ0) is 15.3. The summed E-state index contributed by atoms with van der Waals surface area (Å²) < 4.78 is 0. The van der Waals surface area contributed by atoms with Crippen molar-refractivity contribution < 1.29 is 9.72 Å². The predicted octanol–water partition coefficient (Wildman–Crippen LogP) is 1.78. The Labute approximate surface area is 116 Å². The van der Waals surface area contributed by atoms with Crippen LogP contribution in [0.4, 0.5) is 11.4 Å². The second-order valence-corrected chi connectivity index (χ2v) is 4.67. The molecule has 0 heterocycles. The Morgan fingerprint density at radius 2 is 2.25 bits per heavy atom. The maximum Gasteiger partial charge on any atom is 0.270 e. The van der Waals surface area contributed by atoms with Crippen LogP contribution in [0.25, 0.3) is 0 Å². The van der Waals surface area contributed by atoms with E-state index in [1.807, 2.05) is 13.0 Å². The number of nitriles is 1. The van der Waals surface area contributed by atoms with E-state index < -0.39 is 10.3 Å². The van der Waals surface area contributed by atoms with E-state index in [-0.39, 0.29) is 29.4 Å². The van der Waals surface area contributed by atoms with E-state index in [2.05, 4.69) is 5.32 Å². The first-order valence-corrected chi connectivity index (χ1v) is 6.08. The molecule has 7 nitrogen and oxygen atoms in total. The van der Waals surface area contributed by atoms with Gasteiger partial charge in [-0.15, -0.1) is 0 Å². The third-order valence-corrected chi connectivity index (χ3v) is 3.36. The molecule has 1 unspecified atom stereocenters. The monoisotopic (exact) mass is 276 g/mol. The van der Waals surface area contributed by atoms with Gasteiger partial charge >= 0.3 is 0 Å². The van der Waals surface area contributed by atoms with Gasteiger partial charge in [0.05, 0.1) is 21.6 Å². The minimum absolute atomic E-state index is 0.0445. The lowest BCUT2D eigenvalue weighted by Gasteiger charge is -2.25. The molecule has 0 bridgehead atoms. The van der Waals surface area contributed by atoms with Crippen molar-refractivity contribution in [1.29, 1.82) is 5.26 Å². The Morgan fingerprint density at radius 3 is 2.70 bits per heavy atom. The number of carbonyl (C=O) groups excluding carboxylic acids is 1. The molecule has 0 aromatic heterocycles. The van der Waals surface area contributed by atoms with Crippen LogP contribution < -0.4 is 11.1 Å². The highest BCUT2D eigenvalue weighted by atomic mass is 16.6. The molecule has 0 aliphatic carbocycles. The van der Waals surface area contributed by atoms with Gasteiger partial charge in [-0.05, 0) is 19.4 Å². The van der Waals surface area contributed by atoms with Gasteiger partial charge in [0.2, 0.25) is 5.91 Å². The molecule has 0 saturated heterocycles. The number of benzene rings is 1. The van der Waals surface area contributed by atoms with Crippen molar-refractivity contribution in [3.05, 3.63) is 33.9 Å². The van der Waals surface area contributed by atoms with E-state index in [4.69, 9.17) is 11.0 Å². The lowest BCUT2D eigenvalue weighted by atomic mass is 9.86. The number of carbonyl (C=O) groups is 1. The first-order chi connectivity index (χ1) is 9.37. The number of hydrogen-bond acceptors (Lipinski definition) is 5. The second-order valence-electron chi connectivity index (χ2n) is 4.67. The van der Waals surface area contributed by atoms with Crippen LogP contribution in [-0.2, 0) is 4.79 Å². The van der Waals surface area contributed by atoms with Crippen LogP contribution in [0, 0.1) is 26.9 Å². The molecule has 1 rings (SSSR count). The number of anilines is 1. The minimum atomic E-state index is -0.742. The quantitative estimate of drug-likeness (QED) is 0.627. The largest absolute Gasteiger partial charge is 0.329 e. The Kier molecular flexibility index (Phi) is 4.78.